The van der Waals surface area contributed by atoms with Gasteiger partial charge in [-0.15, -0.1) is 0 Å². The lowest BCUT2D eigenvalue weighted by Gasteiger charge is -2.34. The van der Waals surface area contributed by atoms with Crippen LogP contribution in [0.5, 0.6) is 0 Å². The average molecular weight is 413 g/mol. The van der Waals surface area contributed by atoms with Crippen molar-refractivity contribution in [2.75, 3.05) is 32.8 Å². The maximum Gasteiger partial charge on any atom is 0.251 e. The third-order valence-corrected chi connectivity index (χ3v) is 7.23. The van der Waals surface area contributed by atoms with E-state index >= 15 is 0 Å². The van der Waals surface area contributed by atoms with Crippen LogP contribution in [0.3, 0.4) is 0 Å². The number of benzene rings is 1. The summed E-state index contributed by atoms with van der Waals surface area (Å²) in [5.41, 5.74) is 1.41. The van der Waals surface area contributed by atoms with Crippen LogP contribution in [0, 0.1) is 11.8 Å². The number of hydrogen-bond donors (Lipinski definition) is 0. The lowest BCUT2D eigenvalue weighted by molar-refractivity contribution is -0.142. The highest BCUT2D eigenvalue weighted by Crippen LogP contribution is 2.26. The lowest BCUT2D eigenvalue weighted by Crippen LogP contribution is -2.44. The summed E-state index contributed by atoms with van der Waals surface area (Å²) in [6.45, 7) is 4.18. The number of nitrogens with zero attached hydrogens (tertiary/aromatic N) is 2. The Morgan fingerprint density at radius 3 is 2.20 bits per heavy atom. The molecule has 5 nitrogen and oxygen atoms in total. The van der Waals surface area contributed by atoms with Gasteiger partial charge in [0.05, 0.1) is 0 Å². The molecule has 3 aliphatic rings. The van der Waals surface area contributed by atoms with Gasteiger partial charge >= 0.3 is 0 Å². The van der Waals surface area contributed by atoms with Gasteiger partial charge in [-0.25, -0.2) is 0 Å². The number of piperidine rings is 2. The number of hydrogen-bond acceptors (Lipinski definition) is 3. The van der Waals surface area contributed by atoms with Crippen molar-refractivity contribution < 1.29 is 14.3 Å². The van der Waals surface area contributed by atoms with Crippen LogP contribution < -0.4 is 0 Å². The zero-order chi connectivity index (χ0) is 20.8. The molecule has 0 bridgehead atoms. The Kier molecular flexibility index (Phi) is 7.42. The van der Waals surface area contributed by atoms with Crippen molar-refractivity contribution in [3.05, 3.63) is 35.9 Å². The molecule has 164 valence electrons. The Bertz CT molecular complexity index is 686. The summed E-state index contributed by atoms with van der Waals surface area (Å²) in [4.78, 5) is 29.2. The van der Waals surface area contributed by atoms with Crippen molar-refractivity contribution in [3.8, 4) is 0 Å². The maximum absolute atomic E-state index is 12.7. The van der Waals surface area contributed by atoms with Gasteiger partial charge in [-0.1, -0.05) is 30.3 Å². The van der Waals surface area contributed by atoms with Crippen molar-refractivity contribution in [3.63, 3.8) is 0 Å². The highest BCUT2D eigenvalue weighted by Gasteiger charge is 2.31. The number of likely N-dealkylation sites (tertiary alicyclic amines) is 2. The van der Waals surface area contributed by atoms with Crippen molar-refractivity contribution in [1.29, 1.82) is 0 Å². The molecule has 0 aromatic heterocycles. The quantitative estimate of drug-likeness (QED) is 0.716. The van der Waals surface area contributed by atoms with Crippen LogP contribution in [0.1, 0.15) is 56.9 Å². The van der Waals surface area contributed by atoms with E-state index in [0.717, 1.165) is 84.2 Å². The molecule has 2 amide bonds. The van der Waals surface area contributed by atoms with Gasteiger partial charge in [-0.2, -0.15) is 0 Å². The molecule has 3 fully saturated rings. The first-order chi connectivity index (χ1) is 14.7. The minimum absolute atomic E-state index is 0.181. The molecule has 0 radical (unpaired) electrons. The Hall–Kier alpha value is -1.88. The van der Waals surface area contributed by atoms with E-state index in [1.165, 1.54) is 5.56 Å². The van der Waals surface area contributed by atoms with Crippen molar-refractivity contribution in [2.24, 2.45) is 11.8 Å². The molecule has 3 aliphatic heterocycles. The minimum atomic E-state index is -0.201. The van der Waals surface area contributed by atoms with E-state index in [0.29, 0.717) is 24.2 Å². The molecule has 3 saturated heterocycles. The van der Waals surface area contributed by atoms with Crippen molar-refractivity contribution in [2.45, 2.75) is 63.9 Å². The van der Waals surface area contributed by atoms with E-state index in [1.54, 1.807) is 0 Å². The zero-order valence-corrected chi connectivity index (χ0v) is 18.1. The summed E-state index contributed by atoms with van der Waals surface area (Å²) in [6, 6.07) is 10.7. The second kappa shape index (κ2) is 10.4. The summed E-state index contributed by atoms with van der Waals surface area (Å²) < 4.78 is 5.54. The maximum atomic E-state index is 12.7. The number of ether oxygens (including phenoxy) is 1. The Morgan fingerprint density at radius 2 is 1.53 bits per heavy atom. The third-order valence-electron chi connectivity index (χ3n) is 7.23. The second-order valence-corrected chi connectivity index (χ2v) is 9.32. The van der Waals surface area contributed by atoms with Crippen LogP contribution in [0.15, 0.2) is 30.3 Å². The SMILES string of the molecule is O=C(CCC1CCN(C(=O)[C@@H]2CCCO2)CC1)N1CCC(Cc2ccccc2)CC1. The summed E-state index contributed by atoms with van der Waals surface area (Å²) in [6.07, 6.45) is 8.69. The number of carbonyl (C=O) groups is 2. The predicted molar refractivity (Wildman–Crippen MR) is 117 cm³/mol. The zero-order valence-electron chi connectivity index (χ0n) is 18.1. The molecule has 1 atom stereocenters. The second-order valence-electron chi connectivity index (χ2n) is 9.32. The Labute approximate surface area is 180 Å². The molecular formula is C25H36N2O3. The molecule has 4 rings (SSSR count). The van der Waals surface area contributed by atoms with E-state index < -0.39 is 0 Å². The van der Waals surface area contributed by atoms with E-state index in [2.05, 4.69) is 35.2 Å². The standard InChI is InChI=1S/C25H36N2O3/c28-24(26-14-12-22(13-15-26)19-21-5-2-1-3-6-21)9-8-20-10-16-27(17-11-20)25(29)23-7-4-18-30-23/h1-3,5-6,20,22-23H,4,7-19H2/t23-/m0/s1. The first-order valence-corrected chi connectivity index (χ1v) is 11.9. The van der Waals surface area contributed by atoms with Gasteiger partial charge in [0.2, 0.25) is 5.91 Å². The normalized spacial score (nSPS) is 23.7. The molecule has 5 heteroatoms. The number of amides is 2. The Morgan fingerprint density at radius 1 is 0.867 bits per heavy atom. The summed E-state index contributed by atoms with van der Waals surface area (Å²) in [5.74, 6) is 1.77. The van der Waals surface area contributed by atoms with Gasteiger partial charge in [0, 0.05) is 39.2 Å². The molecular weight excluding hydrogens is 376 g/mol. The van der Waals surface area contributed by atoms with Crippen LogP contribution in [-0.2, 0) is 20.7 Å². The summed E-state index contributed by atoms with van der Waals surface area (Å²) in [7, 11) is 0. The van der Waals surface area contributed by atoms with E-state index in [1.807, 2.05) is 4.90 Å². The van der Waals surface area contributed by atoms with Crippen LogP contribution in [0.25, 0.3) is 0 Å². The largest absolute Gasteiger partial charge is 0.368 e. The first-order valence-electron chi connectivity index (χ1n) is 11.9. The molecule has 1 aromatic rings. The molecule has 0 unspecified atom stereocenters. The van der Waals surface area contributed by atoms with Gasteiger partial charge in [-0.05, 0) is 68.8 Å². The fraction of sp³-hybridized carbons (Fsp3) is 0.680. The third kappa shape index (κ3) is 5.63. The molecule has 30 heavy (non-hydrogen) atoms. The molecule has 1 aromatic carbocycles. The van der Waals surface area contributed by atoms with Crippen molar-refractivity contribution in [1.82, 2.24) is 9.80 Å². The monoisotopic (exact) mass is 412 g/mol. The number of carbonyl (C=O) groups excluding carboxylic acids is 2. The van der Waals surface area contributed by atoms with Gasteiger partial charge < -0.3 is 14.5 Å². The molecule has 0 spiro atoms. The predicted octanol–water partition coefficient (Wildman–Crippen LogP) is 3.67. The molecule has 0 saturated carbocycles. The minimum Gasteiger partial charge on any atom is -0.368 e. The van der Waals surface area contributed by atoms with E-state index in [9.17, 15) is 9.59 Å². The smallest absolute Gasteiger partial charge is 0.251 e. The van der Waals surface area contributed by atoms with E-state index in [4.69, 9.17) is 4.74 Å². The van der Waals surface area contributed by atoms with Crippen LogP contribution in [0.2, 0.25) is 0 Å². The molecule has 0 N–H and O–H groups in total. The fourth-order valence-electron chi connectivity index (χ4n) is 5.24. The van der Waals surface area contributed by atoms with Crippen LogP contribution in [-0.4, -0.2) is 60.5 Å². The van der Waals surface area contributed by atoms with Gasteiger partial charge in [0.25, 0.3) is 5.91 Å². The fourth-order valence-corrected chi connectivity index (χ4v) is 5.24. The average Bonchev–Trinajstić information content (AvgIpc) is 3.34. The Balaban J connectivity index is 1.12. The van der Waals surface area contributed by atoms with Crippen LogP contribution >= 0.6 is 0 Å². The highest BCUT2D eigenvalue weighted by atomic mass is 16.5. The lowest BCUT2D eigenvalue weighted by atomic mass is 9.89. The summed E-state index contributed by atoms with van der Waals surface area (Å²) in [5, 5.41) is 0. The van der Waals surface area contributed by atoms with E-state index in [-0.39, 0.29) is 12.0 Å². The van der Waals surface area contributed by atoms with Gasteiger partial charge in [0.1, 0.15) is 6.10 Å². The summed E-state index contributed by atoms with van der Waals surface area (Å²) >= 11 is 0. The van der Waals surface area contributed by atoms with Crippen molar-refractivity contribution >= 4 is 11.8 Å². The highest BCUT2D eigenvalue weighted by molar-refractivity contribution is 5.81. The van der Waals surface area contributed by atoms with Gasteiger partial charge in [-0.3, -0.25) is 9.59 Å². The number of rotatable bonds is 6. The van der Waals surface area contributed by atoms with Crippen LogP contribution in [0.4, 0.5) is 0 Å². The molecule has 3 heterocycles. The van der Waals surface area contributed by atoms with Gasteiger partial charge in [0.15, 0.2) is 0 Å². The topological polar surface area (TPSA) is 49.9 Å². The molecule has 0 aliphatic carbocycles. The first kappa shape index (κ1) is 21.4.